The molecule has 0 aromatic heterocycles. The zero-order chi connectivity index (χ0) is 65.9. The molecule has 534 valence electrons. The van der Waals surface area contributed by atoms with Crippen molar-refractivity contribution < 1.29 is 0 Å². The minimum absolute atomic E-state index is 0.704. The van der Waals surface area contributed by atoms with Gasteiger partial charge in [-0.3, -0.25) is 4.90 Å². The first-order valence-electron chi connectivity index (χ1n) is 39.8. The van der Waals surface area contributed by atoms with E-state index in [0.717, 1.165) is 72.5 Å². The number of likely N-dealkylation sites (tertiary alicyclic amines) is 10. The van der Waals surface area contributed by atoms with Gasteiger partial charge in [-0.15, -0.1) is 0 Å². The fraction of sp³-hybridized carbons (Fsp3) is 0.924. The van der Waals surface area contributed by atoms with Gasteiger partial charge in [0.15, 0.2) is 0 Å². The van der Waals surface area contributed by atoms with Gasteiger partial charge in [0.25, 0.3) is 0 Å². The summed E-state index contributed by atoms with van der Waals surface area (Å²) in [7, 11) is 11.5. The quantitative estimate of drug-likeness (QED) is 0.158. The predicted octanol–water partition coefficient (Wildman–Crippen LogP) is 12.3. The van der Waals surface area contributed by atoms with Crippen LogP contribution in [0.5, 0.6) is 0 Å². The number of nitrogens with zero attached hydrogens (tertiary/aromatic N) is 13. The molecule has 0 bridgehead atoms. The molecule has 1 aromatic carbocycles. The van der Waals surface area contributed by atoms with E-state index in [2.05, 4.69) is 199 Å². The summed E-state index contributed by atoms with van der Waals surface area (Å²) in [4.78, 5) is 34.4. The maximum atomic E-state index is 2.82. The van der Waals surface area contributed by atoms with Crippen molar-refractivity contribution in [3.63, 3.8) is 0 Å². The number of rotatable bonds is 16. The van der Waals surface area contributed by atoms with Crippen LogP contribution in [-0.2, 0) is 6.42 Å². The summed E-state index contributed by atoms with van der Waals surface area (Å²) >= 11 is 0. The Labute approximate surface area is 571 Å². The monoisotopic (exact) mass is 1280 g/mol. The highest BCUT2D eigenvalue weighted by Gasteiger charge is 2.34. The van der Waals surface area contributed by atoms with E-state index in [1.54, 1.807) is 0 Å². The van der Waals surface area contributed by atoms with E-state index in [1.807, 2.05) is 0 Å². The Balaban J connectivity index is 0.000000163. The maximum Gasteiger partial charge on any atom is 0.0235 e. The third-order valence-corrected chi connectivity index (χ3v) is 25.1. The molecule has 10 heterocycles. The summed E-state index contributed by atoms with van der Waals surface area (Å²) in [5, 5.41) is 0. The van der Waals surface area contributed by atoms with Crippen LogP contribution in [0.3, 0.4) is 0 Å². The smallest absolute Gasteiger partial charge is 0.0235 e. The molecule has 0 saturated carbocycles. The molecule has 10 fully saturated rings. The van der Waals surface area contributed by atoms with Gasteiger partial charge in [0.2, 0.25) is 0 Å². The second-order valence-electron chi connectivity index (χ2n) is 32.8. The second-order valence-corrected chi connectivity index (χ2v) is 32.8. The zero-order valence-corrected chi connectivity index (χ0v) is 63.5. The van der Waals surface area contributed by atoms with Gasteiger partial charge in [-0.2, -0.15) is 0 Å². The molecule has 13 heteroatoms. The van der Waals surface area contributed by atoms with Gasteiger partial charge in [-0.1, -0.05) is 56.0 Å². The summed E-state index contributed by atoms with van der Waals surface area (Å²) in [6.45, 7) is 50.6. The fourth-order valence-electron chi connectivity index (χ4n) is 17.9. The highest BCUT2D eigenvalue weighted by molar-refractivity contribution is 5.15. The number of likely N-dealkylation sites (N-methyl/N-ethyl adjacent to an activating group) is 3. The summed E-state index contributed by atoms with van der Waals surface area (Å²) in [5.74, 6) is 0. The van der Waals surface area contributed by atoms with Gasteiger partial charge >= 0.3 is 0 Å². The Bertz CT molecular complexity index is 1950. The standard InChI is InChI=1S/C18H35N3.C17H28N2.C15H31N3.C15H30N2.C14H29N3/c1-16(2)19-12-6-18(7-13-19)21-14-8-17(9-15-21)20-10-4-3-5-11-20;1-15(2)19-13-10-17(11-14-19)18(3)12-9-16-7-5-4-6-8-16;1-13(2)18-11-7-15(8-12-18)17(4)14-5-9-16(3)10-6-14;1-14(2)16-12-8-15(9-13-16)17-10-6-4-3-5-7-11-17;1-12(2)17-9-6-13(7-10-17)16(4)14-5-8-15(3)11-14/h16-18H,3-15H2,1-2H3;4-8,15,17H,9-14H2,1-3H3;13-15H,5-12H2,1-4H3;14-15H,3-13H2,1-2H3;12-14H,5-11H2,1-4H3. The highest BCUT2D eigenvalue weighted by Crippen LogP contribution is 2.29. The fourth-order valence-corrected chi connectivity index (χ4v) is 17.9. The summed E-state index contributed by atoms with van der Waals surface area (Å²) in [5.41, 5.74) is 1.45. The summed E-state index contributed by atoms with van der Waals surface area (Å²) < 4.78 is 0. The first kappa shape index (κ1) is 78.0. The molecule has 13 nitrogen and oxygen atoms in total. The van der Waals surface area contributed by atoms with Crippen LogP contribution in [0.4, 0.5) is 0 Å². The van der Waals surface area contributed by atoms with Crippen LogP contribution in [-0.4, -0.2) is 315 Å². The zero-order valence-electron chi connectivity index (χ0n) is 63.5. The van der Waals surface area contributed by atoms with E-state index in [9.17, 15) is 0 Å². The van der Waals surface area contributed by atoms with Gasteiger partial charge in [-0.05, 0) is 363 Å². The van der Waals surface area contributed by atoms with E-state index in [-0.39, 0.29) is 0 Å². The largest absolute Gasteiger partial charge is 0.306 e. The molecule has 10 aliphatic rings. The summed E-state index contributed by atoms with van der Waals surface area (Å²) in [6.07, 6.45) is 33.4. The Morgan fingerprint density at radius 3 is 0.957 bits per heavy atom. The van der Waals surface area contributed by atoms with Gasteiger partial charge in [0.1, 0.15) is 0 Å². The van der Waals surface area contributed by atoms with Gasteiger partial charge < -0.3 is 58.8 Å². The van der Waals surface area contributed by atoms with Gasteiger partial charge in [-0.25, -0.2) is 0 Å². The van der Waals surface area contributed by atoms with E-state index in [0.29, 0.717) is 6.04 Å². The lowest BCUT2D eigenvalue weighted by Crippen LogP contribution is -2.52. The molecule has 10 aliphatic heterocycles. The molecule has 0 N–H and O–H groups in total. The van der Waals surface area contributed by atoms with E-state index in [4.69, 9.17) is 0 Å². The minimum Gasteiger partial charge on any atom is -0.306 e. The molecule has 10 saturated heterocycles. The van der Waals surface area contributed by atoms with E-state index < -0.39 is 0 Å². The lowest BCUT2D eigenvalue weighted by molar-refractivity contribution is 0.0432. The molecular formula is C79H153N13. The molecule has 1 atom stereocenters. The van der Waals surface area contributed by atoms with Crippen LogP contribution in [0.15, 0.2) is 30.3 Å². The number of piperidine rings is 8. The highest BCUT2D eigenvalue weighted by atomic mass is 15.3. The molecule has 0 radical (unpaired) electrons. The van der Waals surface area contributed by atoms with Crippen LogP contribution in [0, 0.1) is 0 Å². The summed E-state index contributed by atoms with van der Waals surface area (Å²) in [6, 6.07) is 21.2. The van der Waals surface area contributed by atoms with Crippen LogP contribution in [0.1, 0.15) is 222 Å². The van der Waals surface area contributed by atoms with Crippen molar-refractivity contribution >= 4 is 0 Å². The van der Waals surface area contributed by atoms with Crippen LogP contribution >= 0.6 is 0 Å². The van der Waals surface area contributed by atoms with Crippen LogP contribution < -0.4 is 0 Å². The van der Waals surface area contributed by atoms with Crippen molar-refractivity contribution in [2.24, 2.45) is 0 Å². The topological polar surface area (TPSA) is 42.1 Å². The predicted molar refractivity (Wildman–Crippen MR) is 398 cm³/mol. The molecular weight excluding hydrogens is 1130 g/mol. The average molecular weight is 1290 g/mol. The maximum absolute atomic E-state index is 2.82. The Morgan fingerprint density at radius 2 is 0.598 bits per heavy atom. The van der Waals surface area contributed by atoms with Crippen molar-refractivity contribution in [3.8, 4) is 0 Å². The third kappa shape index (κ3) is 26.4. The molecule has 0 spiro atoms. The van der Waals surface area contributed by atoms with Crippen molar-refractivity contribution in [2.45, 2.75) is 302 Å². The molecule has 0 aliphatic carbocycles. The lowest BCUT2D eigenvalue weighted by Gasteiger charge is -2.45. The Morgan fingerprint density at radius 1 is 0.315 bits per heavy atom. The minimum atomic E-state index is 0.704. The normalized spacial score (nSPS) is 26.1. The molecule has 1 unspecified atom stereocenters. The Kier molecular flexibility index (Phi) is 35.6. The van der Waals surface area contributed by atoms with Gasteiger partial charge in [0.05, 0.1) is 0 Å². The van der Waals surface area contributed by atoms with Crippen molar-refractivity contribution in [1.82, 2.24) is 63.7 Å². The molecule has 1 aromatic rings. The first-order chi connectivity index (χ1) is 44.3. The average Bonchev–Trinajstić information content (AvgIpc) is 1.46. The van der Waals surface area contributed by atoms with Gasteiger partial charge in [0, 0.05) is 91.6 Å². The molecule has 11 rings (SSSR count). The number of benzene rings is 1. The number of hydrogen-bond donors (Lipinski definition) is 0. The third-order valence-electron chi connectivity index (χ3n) is 25.1. The molecule has 0 amide bonds. The van der Waals surface area contributed by atoms with Crippen LogP contribution in [0.25, 0.3) is 0 Å². The van der Waals surface area contributed by atoms with Crippen molar-refractivity contribution in [1.29, 1.82) is 0 Å². The first-order valence-corrected chi connectivity index (χ1v) is 39.8. The van der Waals surface area contributed by atoms with Crippen molar-refractivity contribution in [3.05, 3.63) is 35.9 Å². The second kappa shape index (κ2) is 42.0. The lowest BCUT2D eigenvalue weighted by atomic mass is 9.95. The Hall–Kier alpha value is -1.30. The van der Waals surface area contributed by atoms with Crippen LogP contribution in [0.2, 0.25) is 0 Å². The van der Waals surface area contributed by atoms with E-state index in [1.165, 1.54) is 297 Å². The van der Waals surface area contributed by atoms with Crippen molar-refractivity contribution in [2.75, 3.05) is 173 Å². The number of hydrogen-bond acceptors (Lipinski definition) is 13. The van der Waals surface area contributed by atoms with E-state index >= 15 is 0 Å². The SMILES string of the molecule is CC(C)N1CCC(N(C)C2CCN(C)C2)CC1.CC(C)N1CCC(N(C)C2CCN(C)CC2)CC1.CC(C)N1CCC(N(C)CCc2ccccc2)CC1.CC(C)N1CCC(N2CCC(N3CCCCC3)CC2)CC1.CC(C)N1CCC(N2CCCCCCC2)CC1. The molecule has 92 heavy (non-hydrogen) atoms.